The fraction of sp³-hybridized carbons (Fsp3) is 0.455. The molecule has 1 aromatic carbocycles. The zero-order valence-corrected chi connectivity index (χ0v) is 17.7. The molecule has 0 unspecified atom stereocenters. The SMILES string of the molecule is Cc1ccc2nc(NC(=O)[C@H](CC(C)C)N3C(=O)[C@H]4CC=CC[C@@H]4C3=O)sc2c1. The van der Waals surface area contributed by atoms with Gasteiger partial charge in [-0.15, -0.1) is 0 Å². The van der Waals surface area contributed by atoms with E-state index in [1.165, 1.54) is 16.2 Å². The maximum atomic E-state index is 13.2. The van der Waals surface area contributed by atoms with E-state index in [2.05, 4.69) is 10.3 Å². The summed E-state index contributed by atoms with van der Waals surface area (Å²) in [4.78, 5) is 44.9. The summed E-state index contributed by atoms with van der Waals surface area (Å²) in [6, 6.07) is 5.12. The van der Waals surface area contributed by atoms with Gasteiger partial charge in [0.1, 0.15) is 6.04 Å². The first-order valence-electron chi connectivity index (χ1n) is 10.0. The van der Waals surface area contributed by atoms with Gasteiger partial charge in [-0.3, -0.25) is 19.3 Å². The summed E-state index contributed by atoms with van der Waals surface area (Å²) in [6.07, 6.45) is 5.48. The minimum absolute atomic E-state index is 0.158. The van der Waals surface area contributed by atoms with Crippen LogP contribution >= 0.6 is 11.3 Å². The van der Waals surface area contributed by atoms with Gasteiger partial charge in [-0.25, -0.2) is 4.98 Å². The number of carbonyl (C=O) groups is 3. The van der Waals surface area contributed by atoms with Gasteiger partial charge >= 0.3 is 0 Å². The van der Waals surface area contributed by atoms with Crippen LogP contribution in [0.5, 0.6) is 0 Å². The molecule has 2 heterocycles. The second kappa shape index (κ2) is 7.71. The number of benzene rings is 1. The molecule has 1 fully saturated rings. The van der Waals surface area contributed by atoms with Gasteiger partial charge < -0.3 is 5.32 Å². The quantitative estimate of drug-likeness (QED) is 0.598. The molecule has 1 aliphatic heterocycles. The maximum Gasteiger partial charge on any atom is 0.249 e. The van der Waals surface area contributed by atoms with E-state index in [1.807, 2.05) is 51.1 Å². The molecule has 1 N–H and O–H groups in total. The molecule has 29 heavy (non-hydrogen) atoms. The Kier molecular flexibility index (Phi) is 5.25. The summed E-state index contributed by atoms with van der Waals surface area (Å²) < 4.78 is 0.992. The molecule has 0 radical (unpaired) electrons. The Hall–Kier alpha value is -2.54. The normalized spacial score (nSPS) is 22.4. The first kappa shape index (κ1) is 19.8. The van der Waals surface area contributed by atoms with Gasteiger partial charge in [0.05, 0.1) is 22.1 Å². The molecule has 0 bridgehead atoms. The Morgan fingerprint density at radius 2 is 1.86 bits per heavy atom. The van der Waals surface area contributed by atoms with Gasteiger partial charge in [0, 0.05) is 0 Å². The van der Waals surface area contributed by atoms with Gasteiger partial charge in [0.15, 0.2) is 5.13 Å². The number of likely N-dealkylation sites (tertiary alicyclic amines) is 1. The van der Waals surface area contributed by atoms with Crippen LogP contribution in [0, 0.1) is 24.7 Å². The third kappa shape index (κ3) is 3.71. The van der Waals surface area contributed by atoms with E-state index in [1.54, 1.807) is 0 Å². The van der Waals surface area contributed by atoms with Gasteiger partial charge in [-0.05, 0) is 49.8 Å². The number of imide groups is 1. The van der Waals surface area contributed by atoms with E-state index in [-0.39, 0.29) is 35.5 Å². The van der Waals surface area contributed by atoms with Crippen LogP contribution in [-0.2, 0) is 14.4 Å². The lowest BCUT2D eigenvalue weighted by Gasteiger charge is -2.26. The highest BCUT2D eigenvalue weighted by atomic mass is 32.1. The monoisotopic (exact) mass is 411 g/mol. The van der Waals surface area contributed by atoms with E-state index in [9.17, 15) is 14.4 Å². The number of nitrogens with one attached hydrogen (secondary N) is 1. The lowest BCUT2D eigenvalue weighted by Crippen LogP contribution is -2.48. The number of rotatable bonds is 5. The molecule has 1 aromatic heterocycles. The van der Waals surface area contributed by atoms with Crippen LogP contribution in [-0.4, -0.2) is 33.6 Å². The lowest BCUT2D eigenvalue weighted by atomic mass is 9.85. The first-order chi connectivity index (χ1) is 13.8. The molecule has 3 atom stereocenters. The molecule has 4 rings (SSSR count). The summed E-state index contributed by atoms with van der Waals surface area (Å²) in [5.41, 5.74) is 1.95. The van der Waals surface area contributed by atoms with Gasteiger partial charge in [0.2, 0.25) is 17.7 Å². The first-order valence-corrected chi connectivity index (χ1v) is 10.9. The molecule has 2 aromatic rings. The summed E-state index contributed by atoms with van der Waals surface area (Å²) in [5, 5.41) is 3.35. The average Bonchev–Trinajstić information content (AvgIpc) is 3.18. The minimum Gasteiger partial charge on any atom is -0.300 e. The highest BCUT2D eigenvalue weighted by Gasteiger charge is 2.51. The van der Waals surface area contributed by atoms with Gasteiger partial charge in [-0.1, -0.05) is 43.4 Å². The number of amides is 3. The predicted molar refractivity (Wildman–Crippen MR) is 113 cm³/mol. The average molecular weight is 412 g/mol. The predicted octanol–water partition coefficient (Wildman–Crippen LogP) is 3.91. The molecule has 1 aliphatic carbocycles. The Labute approximate surface area is 174 Å². The molecule has 0 saturated carbocycles. The van der Waals surface area contributed by atoms with Crippen molar-refractivity contribution in [3.8, 4) is 0 Å². The number of carbonyl (C=O) groups excluding carboxylic acids is 3. The summed E-state index contributed by atoms with van der Waals surface area (Å²) in [7, 11) is 0. The van der Waals surface area contributed by atoms with E-state index < -0.39 is 6.04 Å². The van der Waals surface area contributed by atoms with Crippen LogP contribution in [0.3, 0.4) is 0 Å². The number of fused-ring (bicyclic) bond motifs is 2. The van der Waals surface area contributed by atoms with Crippen LogP contribution in [0.15, 0.2) is 30.4 Å². The smallest absolute Gasteiger partial charge is 0.249 e. The molecule has 7 heteroatoms. The van der Waals surface area contributed by atoms with Crippen molar-refractivity contribution in [2.24, 2.45) is 17.8 Å². The second-order valence-electron chi connectivity index (χ2n) is 8.33. The third-order valence-corrected chi connectivity index (χ3v) is 6.56. The second-order valence-corrected chi connectivity index (χ2v) is 9.36. The molecule has 1 saturated heterocycles. The topological polar surface area (TPSA) is 79.4 Å². The molecule has 0 spiro atoms. The Morgan fingerprint density at radius 1 is 1.21 bits per heavy atom. The van der Waals surface area contributed by atoms with Crippen molar-refractivity contribution in [3.05, 3.63) is 35.9 Å². The molecule has 6 nitrogen and oxygen atoms in total. The standard InChI is InChI=1S/C22H25N3O3S/c1-12(2)10-17(25-20(27)14-6-4-5-7-15(14)21(25)28)19(26)24-22-23-16-9-8-13(3)11-18(16)29-22/h4-5,8-9,11-12,14-15,17H,6-7,10H2,1-3H3,(H,23,24,26)/t14-,15-,17-/m0/s1. The maximum absolute atomic E-state index is 13.2. The van der Waals surface area contributed by atoms with Gasteiger partial charge in [-0.2, -0.15) is 0 Å². The molecule has 152 valence electrons. The summed E-state index contributed by atoms with van der Waals surface area (Å²) in [5.74, 6) is -1.29. The number of hydrogen-bond donors (Lipinski definition) is 1. The van der Waals surface area contributed by atoms with Gasteiger partial charge in [0.25, 0.3) is 0 Å². The number of anilines is 1. The number of nitrogens with zero attached hydrogens (tertiary/aromatic N) is 2. The molecule has 2 aliphatic rings. The number of hydrogen-bond acceptors (Lipinski definition) is 5. The third-order valence-electron chi connectivity index (χ3n) is 5.62. The van der Waals surface area contributed by atoms with Crippen molar-refractivity contribution < 1.29 is 14.4 Å². The lowest BCUT2D eigenvalue weighted by molar-refractivity contribution is -0.147. The molecular weight excluding hydrogens is 386 g/mol. The number of allylic oxidation sites excluding steroid dienone is 2. The van der Waals surface area contributed by atoms with Crippen LogP contribution in [0.25, 0.3) is 10.2 Å². The van der Waals surface area contributed by atoms with E-state index >= 15 is 0 Å². The van der Waals surface area contributed by atoms with Crippen molar-refractivity contribution in [1.29, 1.82) is 0 Å². The van der Waals surface area contributed by atoms with Crippen molar-refractivity contribution >= 4 is 44.4 Å². The van der Waals surface area contributed by atoms with E-state index in [0.29, 0.717) is 24.4 Å². The number of aryl methyl sites for hydroxylation is 1. The Morgan fingerprint density at radius 3 is 2.48 bits per heavy atom. The highest BCUT2D eigenvalue weighted by molar-refractivity contribution is 7.22. The number of aromatic nitrogens is 1. The Bertz CT molecular complexity index is 984. The summed E-state index contributed by atoms with van der Waals surface area (Å²) >= 11 is 1.40. The fourth-order valence-corrected chi connectivity index (χ4v) is 5.15. The zero-order chi connectivity index (χ0) is 20.7. The molecular formula is C22H25N3O3S. The van der Waals surface area contributed by atoms with Crippen molar-refractivity contribution in [1.82, 2.24) is 9.88 Å². The van der Waals surface area contributed by atoms with Crippen LogP contribution < -0.4 is 5.32 Å². The van der Waals surface area contributed by atoms with E-state index in [4.69, 9.17) is 0 Å². The zero-order valence-electron chi connectivity index (χ0n) is 16.8. The largest absolute Gasteiger partial charge is 0.300 e. The van der Waals surface area contributed by atoms with E-state index in [0.717, 1.165) is 15.8 Å². The molecule has 3 amide bonds. The van der Waals surface area contributed by atoms with Crippen LogP contribution in [0.2, 0.25) is 0 Å². The van der Waals surface area contributed by atoms with Crippen molar-refractivity contribution in [3.63, 3.8) is 0 Å². The highest BCUT2D eigenvalue weighted by Crippen LogP contribution is 2.37. The number of thiazole rings is 1. The van der Waals surface area contributed by atoms with Crippen molar-refractivity contribution in [2.45, 2.75) is 46.1 Å². The van der Waals surface area contributed by atoms with Crippen molar-refractivity contribution in [2.75, 3.05) is 5.32 Å². The minimum atomic E-state index is -0.811. The van der Waals surface area contributed by atoms with Crippen LogP contribution in [0.4, 0.5) is 5.13 Å². The fourth-order valence-electron chi connectivity index (χ4n) is 4.18. The van der Waals surface area contributed by atoms with Crippen LogP contribution in [0.1, 0.15) is 38.7 Å². The summed E-state index contributed by atoms with van der Waals surface area (Å²) in [6.45, 7) is 5.98. The Balaban J connectivity index is 1.59.